The topological polar surface area (TPSA) is 62.6 Å². The molecule has 2 heterocycles. The summed E-state index contributed by atoms with van der Waals surface area (Å²) in [6.45, 7) is 1.14. The number of nitrogens with one attached hydrogen (secondary N) is 1. The number of nitrogens with zero attached hydrogens (tertiary/aromatic N) is 1. The average molecular weight is 398 g/mol. The molecule has 1 saturated heterocycles. The van der Waals surface area contributed by atoms with Crippen LogP contribution in [0.15, 0.2) is 40.8 Å². The Hall–Kier alpha value is -2.63. The molecule has 0 bridgehead atoms. The first-order chi connectivity index (χ1) is 14.1. The van der Waals surface area contributed by atoms with Crippen molar-refractivity contribution in [2.75, 3.05) is 13.1 Å². The van der Waals surface area contributed by atoms with E-state index < -0.39 is 0 Å². The van der Waals surface area contributed by atoms with Crippen molar-refractivity contribution in [1.82, 2.24) is 10.2 Å². The Labute approximate surface area is 170 Å². The van der Waals surface area contributed by atoms with E-state index >= 15 is 0 Å². The van der Waals surface area contributed by atoms with Gasteiger partial charge in [0, 0.05) is 25.6 Å². The van der Waals surface area contributed by atoms with Gasteiger partial charge in [-0.25, -0.2) is 4.39 Å². The van der Waals surface area contributed by atoms with Crippen LogP contribution in [0.25, 0.3) is 11.3 Å². The highest BCUT2D eigenvalue weighted by atomic mass is 19.1. The van der Waals surface area contributed by atoms with Gasteiger partial charge in [0.15, 0.2) is 5.76 Å². The zero-order chi connectivity index (χ0) is 20.2. The predicted molar refractivity (Wildman–Crippen MR) is 108 cm³/mol. The van der Waals surface area contributed by atoms with E-state index in [1.807, 2.05) is 0 Å². The van der Waals surface area contributed by atoms with Crippen LogP contribution in [0.4, 0.5) is 4.39 Å². The Kier molecular flexibility index (Phi) is 5.97. The van der Waals surface area contributed by atoms with Crippen molar-refractivity contribution < 1.29 is 18.4 Å². The quantitative estimate of drug-likeness (QED) is 0.813. The van der Waals surface area contributed by atoms with Gasteiger partial charge in [-0.1, -0.05) is 25.0 Å². The largest absolute Gasteiger partial charge is 0.451 e. The van der Waals surface area contributed by atoms with Crippen LogP contribution >= 0.6 is 0 Å². The highest BCUT2D eigenvalue weighted by Gasteiger charge is 2.27. The van der Waals surface area contributed by atoms with E-state index in [4.69, 9.17) is 4.42 Å². The summed E-state index contributed by atoms with van der Waals surface area (Å²) < 4.78 is 19.6. The lowest BCUT2D eigenvalue weighted by Gasteiger charge is -2.32. The molecule has 5 nitrogen and oxygen atoms in total. The summed E-state index contributed by atoms with van der Waals surface area (Å²) in [6.07, 6.45) is 6.92. The molecule has 1 N–H and O–H groups in total. The highest BCUT2D eigenvalue weighted by molar-refractivity contribution is 5.92. The first kappa shape index (κ1) is 19.7. The van der Waals surface area contributed by atoms with E-state index in [1.165, 1.54) is 31.7 Å². The summed E-state index contributed by atoms with van der Waals surface area (Å²) >= 11 is 0. The molecule has 2 fully saturated rings. The lowest BCUT2D eigenvalue weighted by molar-refractivity contribution is -0.122. The molecule has 2 amide bonds. The van der Waals surface area contributed by atoms with Gasteiger partial charge in [-0.3, -0.25) is 9.59 Å². The molecular weight excluding hydrogens is 371 g/mol. The van der Waals surface area contributed by atoms with E-state index in [0.717, 1.165) is 12.8 Å². The summed E-state index contributed by atoms with van der Waals surface area (Å²) in [5.74, 6) is 0.673. The molecule has 1 saturated carbocycles. The molecule has 0 atom stereocenters. The third kappa shape index (κ3) is 4.69. The number of piperidine rings is 1. The third-order valence-corrected chi connectivity index (χ3v) is 6.05. The van der Waals surface area contributed by atoms with Crippen LogP contribution in [0.5, 0.6) is 0 Å². The van der Waals surface area contributed by atoms with Gasteiger partial charge in [-0.15, -0.1) is 0 Å². The average Bonchev–Trinajstić information content (AvgIpc) is 3.40. The molecule has 29 heavy (non-hydrogen) atoms. The summed E-state index contributed by atoms with van der Waals surface area (Å²) in [4.78, 5) is 26.7. The summed E-state index contributed by atoms with van der Waals surface area (Å²) in [5.41, 5.74) is 0.343. The van der Waals surface area contributed by atoms with Crippen LogP contribution in [0.3, 0.4) is 0 Å². The number of hydrogen-bond acceptors (Lipinski definition) is 3. The molecule has 1 aromatic heterocycles. The number of likely N-dealkylation sites (tertiary alicyclic amines) is 1. The van der Waals surface area contributed by atoms with Crippen LogP contribution in [0, 0.1) is 11.7 Å². The zero-order valence-corrected chi connectivity index (χ0v) is 16.5. The second-order valence-electron chi connectivity index (χ2n) is 8.13. The molecule has 6 heteroatoms. The van der Waals surface area contributed by atoms with Crippen LogP contribution < -0.4 is 5.32 Å². The van der Waals surface area contributed by atoms with Gasteiger partial charge in [0.1, 0.15) is 11.6 Å². The molecule has 4 rings (SSSR count). The standard InChI is InChI=1S/C23H27FN2O3/c24-19-8-4-3-7-18(19)20-9-10-21(29-20)23(28)26-13-11-17(12-14-26)25-22(27)15-16-5-1-2-6-16/h3-4,7-10,16-17H,1-2,5-6,11-15H2,(H,25,27). The highest BCUT2D eigenvalue weighted by Crippen LogP contribution is 2.28. The fourth-order valence-corrected chi connectivity index (χ4v) is 4.40. The van der Waals surface area contributed by atoms with Gasteiger partial charge in [0.2, 0.25) is 5.91 Å². The molecule has 0 spiro atoms. The molecule has 1 aliphatic heterocycles. The van der Waals surface area contributed by atoms with Crippen molar-refractivity contribution in [2.24, 2.45) is 5.92 Å². The predicted octanol–water partition coefficient (Wildman–Crippen LogP) is 4.39. The van der Waals surface area contributed by atoms with Crippen molar-refractivity contribution >= 4 is 11.8 Å². The second-order valence-corrected chi connectivity index (χ2v) is 8.13. The van der Waals surface area contributed by atoms with E-state index in [1.54, 1.807) is 35.2 Å². The second kappa shape index (κ2) is 8.80. The van der Waals surface area contributed by atoms with Crippen molar-refractivity contribution in [2.45, 2.75) is 51.0 Å². The maximum absolute atomic E-state index is 13.9. The van der Waals surface area contributed by atoms with Crippen molar-refractivity contribution in [3.05, 3.63) is 48.0 Å². The maximum Gasteiger partial charge on any atom is 0.289 e. The van der Waals surface area contributed by atoms with Crippen molar-refractivity contribution in [3.63, 3.8) is 0 Å². The lowest BCUT2D eigenvalue weighted by Crippen LogP contribution is -2.46. The van der Waals surface area contributed by atoms with Crippen LogP contribution in [-0.2, 0) is 4.79 Å². The monoisotopic (exact) mass is 398 g/mol. The number of benzene rings is 1. The van der Waals surface area contributed by atoms with Crippen LogP contribution in [0.1, 0.15) is 55.5 Å². The first-order valence-electron chi connectivity index (χ1n) is 10.5. The van der Waals surface area contributed by atoms with E-state index in [-0.39, 0.29) is 29.4 Å². The number of halogens is 1. The van der Waals surface area contributed by atoms with Gasteiger partial charge in [-0.2, -0.15) is 0 Å². The molecule has 1 aromatic carbocycles. The smallest absolute Gasteiger partial charge is 0.289 e. The fourth-order valence-electron chi connectivity index (χ4n) is 4.40. The maximum atomic E-state index is 13.9. The fraction of sp³-hybridized carbons (Fsp3) is 0.478. The van der Waals surface area contributed by atoms with E-state index in [9.17, 15) is 14.0 Å². The van der Waals surface area contributed by atoms with Crippen molar-refractivity contribution in [3.8, 4) is 11.3 Å². The molecule has 2 aliphatic rings. The minimum Gasteiger partial charge on any atom is -0.451 e. The first-order valence-corrected chi connectivity index (χ1v) is 10.5. The minimum absolute atomic E-state index is 0.124. The Morgan fingerprint density at radius 2 is 1.76 bits per heavy atom. The summed E-state index contributed by atoms with van der Waals surface area (Å²) in [5, 5.41) is 3.13. The van der Waals surface area contributed by atoms with E-state index in [2.05, 4.69) is 5.32 Å². The molecule has 2 aromatic rings. The van der Waals surface area contributed by atoms with Gasteiger partial charge < -0.3 is 14.6 Å². The number of carbonyl (C=O) groups excluding carboxylic acids is 2. The minimum atomic E-state index is -0.380. The Balaban J connectivity index is 1.29. The van der Waals surface area contributed by atoms with Crippen LogP contribution in [0.2, 0.25) is 0 Å². The third-order valence-electron chi connectivity index (χ3n) is 6.05. The van der Waals surface area contributed by atoms with Gasteiger partial charge >= 0.3 is 0 Å². The summed E-state index contributed by atoms with van der Waals surface area (Å²) in [6, 6.07) is 9.69. The number of hydrogen-bond donors (Lipinski definition) is 1. The number of furan rings is 1. The Morgan fingerprint density at radius 1 is 1.03 bits per heavy atom. The Bertz CT molecular complexity index is 865. The normalized spacial score (nSPS) is 18.2. The molecular formula is C23H27FN2O3. The molecule has 154 valence electrons. The number of amides is 2. The SMILES string of the molecule is O=C(CC1CCCC1)NC1CCN(C(=O)c2ccc(-c3ccccc3F)o2)CC1. The molecule has 1 aliphatic carbocycles. The van der Waals surface area contributed by atoms with Gasteiger partial charge in [0.25, 0.3) is 5.91 Å². The molecule has 0 radical (unpaired) electrons. The number of carbonyl (C=O) groups is 2. The zero-order valence-electron chi connectivity index (χ0n) is 16.5. The van der Waals surface area contributed by atoms with Crippen LogP contribution in [-0.4, -0.2) is 35.8 Å². The molecule has 0 unspecified atom stereocenters. The van der Waals surface area contributed by atoms with Crippen molar-refractivity contribution in [1.29, 1.82) is 0 Å². The Morgan fingerprint density at radius 3 is 2.48 bits per heavy atom. The van der Waals surface area contributed by atoms with Gasteiger partial charge in [-0.05, 0) is 55.9 Å². The lowest BCUT2D eigenvalue weighted by atomic mass is 10.0. The van der Waals surface area contributed by atoms with E-state index in [0.29, 0.717) is 36.8 Å². The summed E-state index contributed by atoms with van der Waals surface area (Å²) in [7, 11) is 0. The van der Waals surface area contributed by atoms with Gasteiger partial charge in [0.05, 0.1) is 5.56 Å². The number of rotatable bonds is 5.